The molecule has 0 bridgehead atoms. The Morgan fingerprint density at radius 3 is 2.15 bits per heavy atom. The fourth-order valence-electron chi connectivity index (χ4n) is 2.42. The molecule has 0 saturated carbocycles. The normalized spacial score (nSPS) is 10.0. The molecular weight excluding hydrogens is 362 g/mol. The van der Waals surface area contributed by atoms with Crippen molar-refractivity contribution < 1.29 is 14.3 Å². The Labute approximate surface area is 165 Å². The number of benzene rings is 2. The number of unbranched alkanes of at least 4 members (excludes halogenated alkanes) is 1. The average molecular weight is 388 g/mol. The van der Waals surface area contributed by atoms with Gasteiger partial charge >= 0.3 is 0 Å². The van der Waals surface area contributed by atoms with Crippen molar-refractivity contribution in [3.05, 3.63) is 48.0 Å². The van der Waals surface area contributed by atoms with Crippen molar-refractivity contribution in [2.24, 2.45) is 0 Å². The molecule has 1 amide bonds. The van der Waals surface area contributed by atoms with Gasteiger partial charge in [0.2, 0.25) is 0 Å². The molecule has 144 valence electrons. The van der Waals surface area contributed by atoms with E-state index in [1.54, 1.807) is 38.5 Å². The highest BCUT2D eigenvalue weighted by Crippen LogP contribution is 2.36. The SMILES string of the molecule is CCCCNC(=S)Nc1cc(OC)c(NC(=O)c2ccccc2)cc1OC. The van der Waals surface area contributed by atoms with Crippen LogP contribution in [-0.4, -0.2) is 31.8 Å². The highest BCUT2D eigenvalue weighted by molar-refractivity contribution is 7.80. The zero-order chi connectivity index (χ0) is 19.6. The standard InChI is InChI=1S/C20H25N3O3S/c1-4-5-11-21-20(27)23-16-13-17(25-2)15(12-18(16)26-3)22-19(24)14-9-7-6-8-10-14/h6-10,12-13H,4-5,11H2,1-3H3,(H,22,24)(H2,21,23,27). The van der Waals surface area contributed by atoms with E-state index in [1.165, 1.54) is 0 Å². The number of anilines is 2. The van der Waals surface area contributed by atoms with Gasteiger partial charge in [0.15, 0.2) is 5.11 Å². The van der Waals surface area contributed by atoms with Crippen LogP contribution in [0.2, 0.25) is 0 Å². The van der Waals surface area contributed by atoms with Gasteiger partial charge in [-0.15, -0.1) is 0 Å². The maximum atomic E-state index is 12.4. The van der Waals surface area contributed by atoms with Gasteiger partial charge < -0.3 is 25.4 Å². The predicted molar refractivity (Wildman–Crippen MR) is 113 cm³/mol. The second-order valence-electron chi connectivity index (χ2n) is 5.81. The van der Waals surface area contributed by atoms with Crippen LogP contribution in [0.3, 0.4) is 0 Å². The van der Waals surface area contributed by atoms with Crippen molar-refractivity contribution in [2.45, 2.75) is 19.8 Å². The average Bonchev–Trinajstić information content (AvgIpc) is 2.69. The summed E-state index contributed by atoms with van der Waals surface area (Å²) in [5.41, 5.74) is 1.72. The third kappa shape index (κ3) is 5.86. The van der Waals surface area contributed by atoms with Crippen molar-refractivity contribution >= 4 is 34.6 Å². The van der Waals surface area contributed by atoms with Gasteiger partial charge in [0.05, 0.1) is 25.6 Å². The predicted octanol–water partition coefficient (Wildman–Crippen LogP) is 4.04. The Balaban J connectivity index is 2.19. The van der Waals surface area contributed by atoms with Crippen LogP contribution in [0.25, 0.3) is 0 Å². The van der Waals surface area contributed by atoms with E-state index in [1.807, 2.05) is 18.2 Å². The van der Waals surface area contributed by atoms with Crippen molar-refractivity contribution in [3.8, 4) is 11.5 Å². The van der Waals surface area contributed by atoms with E-state index < -0.39 is 0 Å². The van der Waals surface area contributed by atoms with Crippen LogP contribution in [0.15, 0.2) is 42.5 Å². The number of hydrogen-bond donors (Lipinski definition) is 3. The van der Waals surface area contributed by atoms with E-state index in [0.717, 1.165) is 19.4 Å². The van der Waals surface area contributed by atoms with E-state index in [4.69, 9.17) is 21.7 Å². The van der Waals surface area contributed by atoms with Crippen LogP contribution < -0.4 is 25.4 Å². The highest BCUT2D eigenvalue weighted by Gasteiger charge is 2.15. The molecule has 7 heteroatoms. The molecule has 2 rings (SSSR count). The monoisotopic (exact) mass is 387 g/mol. The quantitative estimate of drug-likeness (QED) is 0.469. The molecular formula is C20H25N3O3S. The molecule has 0 unspecified atom stereocenters. The van der Waals surface area contributed by atoms with Gasteiger partial charge in [0.1, 0.15) is 11.5 Å². The molecule has 27 heavy (non-hydrogen) atoms. The minimum absolute atomic E-state index is 0.228. The van der Waals surface area contributed by atoms with Crippen LogP contribution in [0, 0.1) is 0 Å². The minimum atomic E-state index is -0.228. The Hall–Kier alpha value is -2.80. The third-order valence-electron chi connectivity index (χ3n) is 3.87. The lowest BCUT2D eigenvalue weighted by atomic mass is 10.2. The summed E-state index contributed by atoms with van der Waals surface area (Å²) in [5, 5.41) is 9.61. The van der Waals surface area contributed by atoms with Crippen LogP contribution in [0.4, 0.5) is 11.4 Å². The summed E-state index contributed by atoms with van der Waals surface area (Å²) in [6.45, 7) is 2.92. The number of carbonyl (C=O) groups excluding carboxylic acids is 1. The number of ether oxygens (including phenoxy) is 2. The van der Waals surface area contributed by atoms with Gasteiger partial charge in [0.25, 0.3) is 5.91 Å². The molecule has 0 aliphatic heterocycles. The molecule has 2 aromatic rings. The largest absolute Gasteiger partial charge is 0.494 e. The van der Waals surface area contributed by atoms with Crippen molar-refractivity contribution in [3.63, 3.8) is 0 Å². The molecule has 0 aliphatic carbocycles. The summed E-state index contributed by atoms with van der Waals surface area (Å²) in [5.74, 6) is 0.811. The Bertz CT molecular complexity index is 782. The molecule has 0 fully saturated rings. The second kappa shape index (κ2) is 10.4. The molecule has 0 heterocycles. The molecule has 0 aliphatic rings. The number of nitrogens with one attached hydrogen (secondary N) is 3. The first-order valence-electron chi connectivity index (χ1n) is 8.76. The van der Waals surface area contributed by atoms with E-state index in [2.05, 4.69) is 22.9 Å². The van der Waals surface area contributed by atoms with Crippen molar-refractivity contribution in [1.82, 2.24) is 5.32 Å². The van der Waals surface area contributed by atoms with Crippen LogP contribution >= 0.6 is 12.2 Å². The highest BCUT2D eigenvalue weighted by atomic mass is 32.1. The summed E-state index contributed by atoms with van der Waals surface area (Å²) < 4.78 is 10.9. The molecule has 6 nitrogen and oxygen atoms in total. The molecule has 0 spiro atoms. The first kappa shape index (κ1) is 20.5. The molecule has 0 saturated heterocycles. The van der Waals surface area contributed by atoms with Gasteiger partial charge in [-0.1, -0.05) is 31.5 Å². The number of methoxy groups -OCH3 is 2. The topological polar surface area (TPSA) is 71.6 Å². The van der Waals surface area contributed by atoms with E-state index in [0.29, 0.717) is 33.5 Å². The van der Waals surface area contributed by atoms with Gasteiger partial charge in [-0.2, -0.15) is 0 Å². The zero-order valence-corrected chi connectivity index (χ0v) is 16.6. The third-order valence-corrected chi connectivity index (χ3v) is 4.12. The van der Waals surface area contributed by atoms with E-state index >= 15 is 0 Å². The molecule has 0 atom stereocenters. The van der Waals surface area contributed by atoms with Crippen molar-refractivity contribution in [2.75, 3.05) is 31.4 Å². The van der Waals surface area contributed by atoms with Gasteiger partial charge in [-0.05, 0) is 30.8 Å². The lowest BCUT2D eigenvalue weighted by Crippen LogP contribution is -2.29. The smallest absolute Gasteiger partial charge is 0.255 e. The van der Waals surface area contributed by atoms with Crippen LogP contribution in [-0.2, 0) is 0 Å². The Morgan fingerprint density at radius 1 is 1.00 bits per heavy atom. The molecule has 2 aromatic carbocycles. The van der Waals surface area contributed by atoms with Crippen LogP contribution in [0.5, 0.6) is 11.5 Å². The maximum Gasteiger partial charge on any atom is 0.255 e. The lowest BCUT2D eigenvalue weighted by Gasteiger charge is -2.17. The molecule has 0 radical (unpaired) electrons. The first-order chi connectivity index (χ1) is 13.1. The summed E-state index contributed by atoms with van der Waals surface area (Å²) in [4.78, 5) is 12.4. The van der Waals surface area contributed by atoms with Gasteiger partial charge in [-0.3, -0.25) is 4.79 Å². The fourth-order valence-corrected chi connectivity index (χ4v) is 2.63. The number of hydrogen-bond acceptors (Lipinski definition) is 4. The summed E-state index contributed by atoms with van der Waals surface area (Å²) >= 11 is 5.31. The van der Waals surface area contributed by atoms with E-state index in [9.17, 15) is 4.79 Å². The zero-order valence-electron chi connectivity index (χ0n) is 15.8. The number of rotatable bonds is 8. The Morgan fingerprint density at radius 2 is 1.59 bits per heavy atom. The molecule has 0 aromatic heterocycles. The summed E-state index contributed by atoms with van der Waals surface area (Å²) in [6, 6.07) is 12.4. The molecule has 3 N–H and O–H groups in total. The summed E-state index contributed by atoms with van der Waals surface area (Å²) in [6.07, 6.45) is 2.12. The van der Waals surface area contributed by atoms with Crippen molar-refractivity contribution in [1.29, 1.82) is 0 Å². The van der Waals surface area contributed by atoms with Crippen LogP contribution in [0.1, 0.15) is 30.1 Å². The lowest BCUT2D eigenvalue weighted by molar-refractivity contribution is 0.102. The number of thiocarbonyl (C=S) groups is 1. The minimum Gasteiger partial charge on any atom is -0.494 e. The number of carbonyl (C=O) groups is 1. The van der Waals surface area contributed by atoms with Gasteiger partial charge in [-0.25, -0.2) is 0 Å². The Kier molecular flexibility index (Phi) is 7.88. The second-order valence-corrected chi connectivity index (χ2v) is 6.22. The fraction of sp³-hybridized carbons (Fsp3) is 0.300. The first-order valence-corrected chi connectivity index (χ1v) is 9.17. The number of amides is 1. The summed E-state index contributed by atoms with van der Waals surface area (Å²) in [7, 11) is 3.10. The maximum absolute atomic E-state index is 12.4. The van der Waals surface area contributed by atoms with E-state index in [-0.39, 0.29) is 5.91 Å². The van der Waals surface area contributed by atoms with Gasteiger partial charge in [0, 0.05) is 24.2 Å².